The van der Waals surface area contributed by atoms with E-state index in [4.69, 9.17) is 4.74 Å². The molecule has 0 aliphatic rings. The first-order chi connectivity index (χ1) is 12.8. The SMILES string of the molecule is FC(F)Oc1ccccc1COc1ccc(-n2ccc(C(F)(F)F)c2)cc1. The minimum atomic E-state index is -4.40. The van der Waals surface area contributed by atoms with E-state index in [0.29, 0.717) is 17.0 Å². The van der Waals surface area contributed by atoms with Gasteiger partial charge in [0.15, 0.2) is 0 Å². The van der Waals surface area contributed by atoms with E-state index in [-0.39, 0.29) is 12.4 Å². The first kappa shape index (κ1) is 18.8. The molecule has 3 rings (SSSR count). The molecule has 0 bridgehead atoms. The average molecular weight is 383 g/mol. The lowest BCUT2D eigenvalue weighted by Gasteiger charge is -2.12. The Morgan fingerprint density at radius 2 is 1.63 bits per heavy atom. The van der Waals surface area contributed by atoms with Crippen LogP contribution >= 0.6 is 0 Å². The fourth-order valence-electron chi connectivity index (χ4n) is 2.43. The van der Waals surface area contributed by atoms with Crippen LogP contribution in [0.15, 0.2) is 67.0 Å². The van der Waals surface area contributed by atoms with E-state index < -0.39 is 18.4 Å². The van der Waals surface area contributed by atoms with Gasteiger partial charge in [-0.05, 0) is 36.4 Å². The average Bonchev–Trinajstić information content (AvgIpc) is 3.11. The molecule has 0 N–H and O–H groups in total. The largest absolute Gasteiger partial charge is 0.489 e. The number of hydrogen-bond donors (Lipinski definition) is 0. The minimum absolute atomic E-state index is 0.00395. The second kappa shape index (κ2) is 7.69. The first-order valence-electron chi connectivity index (χ1n) is 7.84. The molecule has 0 aliphatic carbocycles. The second-order valence-electron chi connectivity index (χ2n) is 5.57. The molecule has 0 fully saturated rings. The van der Waals surface area contributed by atoms with Gasteiger partial charge >= 0.3 is 12.8 Å². The van der Waals surface area contributed by atoms with Crippen LogP contribution in [0.3, 0.4) is 0 Å². The van der Waals surface area contributed by atoms with Gasteiger partial charge in [-0.25, -0.2) is 0 Å². The van der Waals surface area contributed by atoms with Crippen LogP contribution in [0.2, 0.25) is 0 Å². The molecule has 142 valence electrons. The van der Waals surface area contributed by atoms with Crippen molar-refractivity contribution in [2.24, 2.45) is 0 Å². The van der Waals surface area contributed by atoms with Gasteiger partial charge in [0.1, 0.15) is 18.1 Å². The van der Waals surface area contributed by atoms with E-state index in [1.54, 1.807) is 42.5 Å². The topological polar surface area (TPSA) is 23.4 Å². The van der Waals surface area contributed by atoms with Crippen molar-refractivity contribution in [2.45, 2.75) is 19.4 Å². The van der Waals surface area contributed by atoms with Gasteiger partial charge in [-0.15, -0.1) is 0 Å². The Hall–Kier alpha value is -3.03. The second-order valence-corrected chi connectivity index (χ2v) is 5.57. The summed E-state index contributed by atoms with van der Waals surface area (Å²) in [6, 6.07) is 13.6. The highest BCUT2D eigenvalue weighted by molar-refractivity contribution is 5.39. The van der Waals surface area contributed by atoms with Crippen molar-refractivity contribution in [3.8, 4) is 17.2 Å². The third kappa shape index (κ3) is 4.78. The summed E-state index contributed by atoms with van der Waals surface area (Å²) in [5.74, 6) is 0.463. The normalized spacial score (nSPS) is 11.6. The van der Waals surface area contributed by atoms with Crippen LogP contribution < -0.4 is 9.47 Å². The number of alkyl halides is 5. The lowest BCUT2D eigenvalue weighted by Crippen LogP contribution is -2.06. The molecule has 0 saturated heterocycles. The maximum atomic E-state index is 12.7. The van der Waals surface area contributed by atoms with Crippen LogP contribution in [0, 0.1) is 0 Å². The number of nitrogens with zero attached hydrogens (tertiary/aromatic N) is 1. The molecule has 0 spiro atoms. The van der Waals surface area contributed by atoms with Crippen LogP contribution in [0.5, 0.6) is 11.5 Å². The highest BCUT2D eigenvalue weighted by Gasteiger charge is 2.31. The summed E-state index contributed by atoms with van der Waals surface area (Å²) in [6.45, 7) is -2.93. The standard InChI is InChI=1S/C19H14F5NO2/c20-18(21)27-17-4-2-1-3-13(17)12-26-16-7-5-15(6-8-16)25-10-9-14(11-25)19(22,23)24/h1-11,18H,12H2. The molecule has 0 amide bonds. The maximum Gasteiger partial charge on any atom is 0.417 e. The lowest BCUT2D eigenvalue weighted by atomic mass is 10.2. The van der Waals surface area contributed by atoms with Crippen molar-refractivity contribution < 1.29 is 31.4 Å². The molecule has 0 radical (unpaired) electrons. The zero-order chi connectivity index (χ0) is 19.4. The monoisotopic (exact) mass is 383 g/mol. The Kier molecular flexibility index (Phi) is 5.34. The number of benzene rings is 2. The highest BCUT2D eigenvalue weighted by atomic mass is 19.4. The van der Waals surface area contributed by atoms with Gasteiger partial charge in [0.25, 0.3) is 0 Å². The molecule has 27 heavy (non-hydrogen) atoms. The van der Waals surface area contributed by atoms with Crippen LogP contribution in [0.1, 0.15) is 11.1 Å². The van der Waals surface area contributed by atoms with Crippen molar-refractivity contribution in [1.82, 2.24) is 4.57 Å². The molecule has 3 nitrogen and oxygen atoms in total. The summed E-state index contributed by atoms with van der Waals surface area (Å²) in [4.78, 5) is 0. The molecule has 8 heteroatoms. The fraction of sp³-hybridized carbons (Fsp3) is 0.158. The van der Waals surface area contributed by atoms with Gasteiger partial charge in [-0.1, -0.05) is 18.2 Å². The van der Waals surface area contributed by atoms with E-state index >= 15 is 0 Å². The van der Waals surface area contributed by atoms with Gasteiger partial charge in [-0.2, -0.15) is 22.0 Å². The number of aromatic nitrogens is 1. The summed E-state index contributed by atoms with van der Waals surface area (Å²) in [5.41, 5.74) is 0.236. The van der Waals surface area contributed by atoms with Gasteiger partial charge in [0.05, 0.1) is 5.56 Å². The fourth-order valence-corrected chi connectivity index (χ4v) is 2.43. The number of halogens is 5. The molecular formula is C19H14F5NO2. The van der Waals surface area contributed by atoms with E-state index in [1.165, 1.54) is 16.8 Å². The van der Waals surface area contributed by atoms with Gasteiger partial charge in [0.2, 0.25) is 0 Å². The maximum absolute atomic E-state index is 12.7. The van der Waals surface area contributed by atoms with Crippen molar-refractivity contribution in [2.75, 3.05) is 0 Å². The third-order valence-electron chi connectivity index (χ3n) is 3.74. The molecule has 0 unspecified atom stereocenters. The predicted octanol–water partition coefficient (Wildman–Crippen LogP) is 5.68. The van der Waals surface area contributed by atoms with E-state index in [0.717, 1.165) is 12.3 Å². The summed E-state index contributed by atoms with van der Waals surface area (Å²) in [5, 5.41) is 0. The van der Waals surface area contributed by atoms with Crippen LogP contribution in [0.25, 0.3) is 5.69 Å². The van der Waals surface area contributed by atoms with Crippen molar-refractivity contribution in [3.63, 3.8) is 0 Å². The quantitative estimate of drug-likeness (QED) is 0.512. The summed E-state index contributed by atoms with van der Waals surface area (Å²) in [6.07, 6.45) is -2.09. The van der Waals surface area contributed by atoms with Crippen LogP contribution in [-0.2, 0) is 12.8 Å². The molecule has 2 aromatic carbocycles. The number of ether oxygens (including phenoxy) is 2. The summed E-state index contributed by atoms with van der Waals surface area (Å²) >= 11 is 0. The Bertz CT molecular complexity index is 888. The van der Waals surface area contributed by atoms with Crippen molar-refractivity contribution >= 4 is 0 Å². The lowest BCUT2D eigenvalue weighted by molar-refractivity contribution is -0.137. The van der Waals surface area contributed by atoms with Gasteiger partial charge in [0, 0.05) is 23.6 Å². The minimum Gasteiger partial charge on any atom is -0.489 e. The zero-order valence-electron chi connectivity index (χ0n) is 13.8. The molecule has 3 aromatic rings. The molecule has 0 aliphatic heterocycles. The number of hydrogen-bond acceptors (Lipinski definition) is 2. The Labute approximate surface area is 151 Å². The molecule has 0 saturated carbocycles. The van der Waals surface area contributed by atoms with E-state index in [9.17, 15) is 22.0 Å². The van der Waals surface area contributed by atoms with Gasteiger partial charge in [-0.3, -0.25) is 0 Å². The number of para-hydroxylation sites is 1. The van der Waals surface area contributed by atoms with Crippen LogP contribution in [0.4, 0.5) is 22.0 Å². The zero-order valence-corrected chi connectivity index (χ0v) is 13.8. The molecule has 1 heterocycles. The van der Waals surface area contributed by atoms with Gasteiger partial charge < -0.3 is 14.0 Å². The molecule has 1 aromatic heterocycles. The molecule has 0 atom stereocenters. The number of rotatable bonds is 6. The summed E-state index contributed by atoms with van der Waals surface area (Å²) < 4.78 is 74.1. The smallest absolute Gasteiger partial charge is 0.417 e. The van der Waals surface area contributed by atoms with E-state index in [2.05, 4.69) is 4.74 Å². The predicted molar refractivity (Wildman–Crippen MR) is 88.2 cm³/mol. The highest BCUT2D eigenvalue weighted by Crippen LogP contribution is 2.30. The van der Waals surface area contributed by atoms with Crippen molar-refractivity contribution in [1.29, 1.82) is 0 Å². The van der Waals surface area contributed by atoms with Crippen molar-refractivity contribution in [3.05, 3.63) is 78.1 Å². The van der Waals surface area contributed by atoms with Crippen LogP contribution in [-0.4, -0.2) is 11.2 Å². The first-order valence-corrected chi connectivity index (χ1v) is 7.84. The Morgan fingerprint density at radius 1 is 0.926 bits per heavy atom. The molecular weight excluding hydrogens is 369 g/mol. The van der Waals surface area contributed by atoms with E-state index in [1.807, 2.05) is 0 Å². The third-order valence-corrected chi connectivity index (χ3v) is 3.74. The summed E-state index contributed by atoms with van der Waals surface area (Å²) in [7, 11) is 0. The Morgan fingerprint density at radius 3 is 2.26 bits per heavy atom. The Balaban J connectivity index is 1.68.